The van der Waals surface area contributed by atoms with Gasteiger partial charge in [-0.15, -0.1) is 0 Å². The zero-order valence-corrected chi connectivity index (χ0v) is 22.2. The van der Waals surface area contributed by atoms with Gasteiger partial charge in [-0.05, 0) is 48.4 Å². The number of piperazine rings is 1. The summed E-state index contributed by atoms with van der Waals surface area (Å²) in [5.74, 6) is 1.20. The number of hydrogen-bond donors (Lipinski definition) is 1. The minimum absolute atomic E-state index is 0.0391. The minimum Gasteiger partial charge on any atom is -0.484 e. The highest BCUT2D eigenvalue weighted by Crippen LogP contribution is 2.28. The third-order valence-electron chi connectivity index (χ3n) is 6.98. The van der Waals surface area contributed by atoms with Crippen molar-refractivity contribution in [1.29, 1.82) is 0 Å². The Labute approximate surface area is 229 Å². The van der Waals surface area contributed by atoms with Gasteiger partial charge in [0.2, 0.25) is 5.88 Å². The van der Waals surface area contributed by atoms with Crippen molar-refractivity contribution in [3.05, 3.63) is 77.6 Å². The molecule has 0 radical (unpaired) electrons. The number of nitrogens with zero attached hydrogens (tertiary/aromatic N) is 4. The maximum atomic E-state index is 13.4. The average Bonchev–Trinajstić information content (AvgIpc) is 3.25. The smallest absolute Gasteiger partial charge is 0.422 e. The second-order valence-corrected chi connectivity index (χ2v) is 9.91. The van der Waals surface area contributed by atoms with Crippen LogP contribution in [-0.4, -0.2) is 64.2 Å². The van der Waals surface area contributed by atoms with Crippen molar-refractivity contribution in [2.24, 2.45) is 7.05 Å². The Morgan fingerprint density at radius 2 is 1.70 bits per heavy atom. The molecule has 8 nitrogen and oxygen atoms in total. The Morgan fingerprint density at radius 3 is 2.38 bits per heavy atom. The first-order valence-electron chi connectivity index (χ1n) is 12.9. The number of carbonyl (C=O) groups is 1. The first-order valence-corrected chi connectivity index (χ1v) is 12.9. The molecule has 1 saturated heterocycles. The van der Waals surface area contributed by atoms with Crippen molar-refractivity contribution >= 4 is 22.5 Å². The molecule has 2 N–H and O–H groups in total. The molecule has 1 aliphatic heterocycles. The van der Waals surface area contributed by atoms with E-state index in [1.807, 2.05) is 47.7 Å². The number of nitrogens with two attached hydrogens (primary N) is 1. The summed E-state index contributed by atoms with van der Waals surface area (Å²) in [5, 5.41) is 0.931. The molecular formula is C29H30F3N5O3. The molecule has 11 heteroatoms. The van der Waals surface area contributed by atoms with Crippen LogP contribution in [-0.2, 0) is 13.6 Å². The summed E-state index contributed by atoms with van der Waals surface area (Å²) in [5.41, 5.74) is 9.75. The fourth-order valence-electron chi connectivity index (χ4n) is 4.68. The number of alkyl halides is 3. The van der Waals surface area contributed by atoms with Crippen molar-refractivity contribution < 1.29 is 27.4 Å². The van der Waals surface area contributed by atoms with Crippen molar-refractivity contribution in [3.63, 3.8) is 0 Å². The van der Waals surface area contributed by atoms with Gasteiger partial charge < -0.3 is 24.7 Å². The normalized spacial score (nSPS) is 14.5. The molecular weight excluding hydrogens is 523 g/mol. The van der Waals surface area contributed by atoms with E-state index in [1.165, 1.54) is 0 Å². The van der Waals surface area contributed by atoms with Gasteiger partial charge >= 0.3 is 6.18 Å². The van der Waals surface area contributed by atoms with E-state index in [-0.39, 0.29) is 11.7 Å². The van der Waals surface area contributed by atoms with Gasteiger partial charge in [-0.3, -0.25) is 9.69 Å². The second kappa shape index (κ2) is 11.1. The number of ether oxygens (including phenoxy) is 2. The molecule has 1 amide bonds. The summed E-state index contributed by atoms with van der Waals surface area (Å²) in [6.45, 7) is 3.74. The summed E-state index contributed by atoms with van der Waals surface area (Å²) in [6.07, 6.45) is -2.80. The van der Waals surface area contributed by atoms with Crippen LogP contribution in [0.4, 0.5) is 18.9 Å². The molecule has 3 heterocycles. The SMILES string of the molecule is Cc1cc(Oc2ccc3cc(C(=O)N4CCN(Cc5ccc(OCC(F)(F)F)cc5)CC4)n(C)c3c2)ncc1N. The van der Waals surface area contributed by atoms with Crippen LogP contribution < -0.4 is 15.2 Å². The number of nitrogen functional groups attached to an aromatic ring is 1. The largest absolute Gasteiger partial charge is 0.484 e. The number of anilines is 1. The van der Waals surface area contributed by atoms with E-state index in [0.29, 0.717) is 55.7 Å². The summed E-state index contributed by atoms with van der Waals surface area (Å²) < 4.78 is 49.6. The highest BCUT2D eigenvalue weighted by molar-refractivity contribution is 5.99. The highest BCUT2D eigenvalue weighted by Gasteiger charge is 2.28. The predicted octanol–water partition coefficient (Wildman–Crippen LogP) is 5.16. The molecule has 0 unspecified atom stereocenters. The molecule has 40 heavy (non-hydrogen) atoms. The van der Waals surface area contributed by atoms with Gasteiger partial charge in [0.1, 0.15) is 17.2 Å². The van der Waals surface area contributed by atoms with Crippen LogP contribution in [0, 0.1) is 6.92 Å². The third-order valence-corrected chi connectivity index (χ3v) is 6.98. The number of hydrogen-bond acceptors (Lipinski definition) is 6. The van der Waals surface area contributed by atoms with Crippen LogP contribution in [0.1, 0.15) is 21.6 Å². The Morgan fingerprint density at radius 1 is 1.00 bits per heavy atom. The van der Waals surface area contributed by atoms with Crippen LogP contribution in [0.15, 0.2) is 60.8 Å². The van der Waals surface area contributed by atoms with E-state index in [0.717, 1.165) is 22.0 Å². The van der Waals surface area contributed by atoms with Crippen molar-refractivity contribution in [1.82, 2.24) is 19.4 Å². The topological polar surface area (TPSA) is 85.9 Å². The van der Waals surface area contributed by atoms with E-state index < -0.39 is 12.8 Å². The van der Waals surface area contributed by atoms with Gasteiger partial charge in [0.25, 0.3) is 5.91 Å². The quantitative estimate of drug-likeness (QED) is 0.341. The van der Waals surface area contributed by atoms with Gasteiger partial charge in [-0.2, -0.15) is 13.2 Å². The standard InChI is InChI=1S/C29H30F3N5O3/c1-19-13-27(34-16-24(19)33)40-23-8-5-21-14-26(35(2)25(21)15-23)28(38)37-11-9-36(10-12-37)17-20-3-6-22(7-4-20)39-18-29(30,31)32/h3-8,13-16H,9-12,17-18,33H2,1-2H3. The summed E-state index contributed by atoms with van der Waals surface area (Å²) in [7, 11) is 1.86. The number of aryl methyl sites for hydroxylation is 2. The molecule has 210 valence electrons. The van der Waals surface area contributed by atoms with Gasteiger partial charge in [0.15, 0.2) is 6.61 Å². The Kier molecular flexibility index (Phi) is 7.57. The number of benzene rings is 2. The average molecular weight is 554 g/mol. The molecule has 0 bridgehead atoms. The number of carbonyl (C=O) groups excluding carboxylic acids is 1. The molecule has 0 aliphatic carbocycles. The van der Waals surface area contributed by atoms with Crippen LogP contribution in [0.3, 0.4) is 0 Å². The van der Waals surface area contributed by atoms with Gasteiger partial charge in [-0.1, -0.05) is 12.1 Å². The molecule has 2 aromatic heterocycles. The maximum Gasteiger partial charge on any atom is 0.422 e. The number of fused-ring (bicyclic) bond motifs is 1. The minimum atomic E-state index is -4.37. The highest BCUT2D eigenvalue weighted by atomic mass is 19.4. The fraction of sp³-hybridized carbons (Fsp3) is 0.310. The molecule has 1 aliphatic rings. The molecule has 1 fully saturated rings. The van der Waals surface area contributed by atoms with E-state index in [2.05, 4.69) is 9.88 Å². The fourth-order valence-corrected chi connectivity index (χ4v) is 4.68. The molecule has 4 aromatic rings. The summed E-state index contributed by atoms with van der Waals surface area (Å²) in [4.78, 5) is 21.7. The molecule has 0 spiro atoms. The van der Waals surface area contributed by atoms with Crippen molar-refractivity contribution in [3.8, 4) is 17.4 Å². The first kappa shape index (κ1) is 27.3. The molecule has 0 atom stereocenters. The summed E-state index contributed by atoms with van der Waals surface area (Å²) in [6, 6.07) is 15.9. The number of pyridine rings is 1. The number of aromatic nitrogens is 2. The maximum absolute atomic E-state index is 13.4. The van der Waals surface area contributed by atoms with E-state index in [9.17, 15) is 18.0 Å². The molecule has 5 rings (SSSR count). The van der Waals surface area contributed by atoms with E-state index in [1.54, 1.807) is 36.5 Å². The third kappa shape index (κ3) is 6.31. The number of halogens is 3. The van der Waals surface area contributed by atoms with Crippen molar-refractivity contribution in [2.75, 3.05) is 38.5 Å². The molecule has 2 aromatic carbocycles. The number of amides is 1. The lowest BCUT2D eigenvalue weighted by molar-refractivity contribution is -0.153. The number of rotatable bonds is 7. The van der Waals surface area contributed by atoms with Gasteiger partial charge in [0, 0.05) is 57.3 Å². The van der Waals surface area contributed by atoms with Crippen molar-refractivity contribution in [2.45, 2.75) is 19.6 Å². The second-order valence-electron chi connectivity index (χ2n) is 9.91. The lowest BCUT2D eigenvalue weighted by Crippen LogP contribution is -2.48. The molecule has 0 saturated carbocycles. The van der Waals surface area contributed by atoms with E-state index in [4.69, 9.17) is 15.2 Å². The first-order chi connectivity index (χ1) is 19.1. The summed E-state index contributed by atoms with van der Waals surface area (Å²) >= 11 is 0. The van der Waals surface area contributed by atoms with Crippen LogP contribution in [0.2, 0.25) is 0 Å². The Balaban J connectivity index is 1.19. The zero-order chi connectivity index (χ0) is 28.4. The Hall–Kier alpha value is -4.25. The van der Waals surface area contributed by atoms with Crippen LogP contribution >= 0.6 is 0 Å². The lowest BCUT2D eigenvalue weighted by atomic mass is 10.2. The lowest BCUT2D eigenvalue weighted by Gasteiger charge is -2.34. The monoisotopic (exact) mass is 553 g/mol. The van der Waals surface area contributed by atoms with Crippen LogP contribution in [0.5, 0.6) is 17.4 Å². The van der Waals surface area contributed by atoms with Gasteiger partial charge in [0.05, 0.1) is 17.4 Å². The van der Waals surface area contributed by atoms with Crippen LogP contribution in [0.25, 0.3) is 10.9 Å². The van der Waals surface area contributed by atoms with Gasteiger partial charge in [-0.25, -0.2) is 4.98 Å². The van der Waals surface area contributed by atoms with E-state index >= 15 is 0 Å². The predicted molar refractivity (Wildman–Crippen MR) is 146 cm³/mol. The Bertz CT molecular complexity index is 1510. The zero-order valence-electron chi connectivity index (χ0n) is 22.2.